The van der Waals surface area contributed by atoms with Gasteiger partial charge in [0.25, 0.3) is 0 Å². The quantitative estimate of drug-likeness (QED) is 0.133. The van der Waals surface area contributed by atoms with Gasteiger partial charge in [-0.05, 0) is 22.3 Å². The zero-order chi connectivity index (χ0) is 25.4. The van der Waals surface area contributed by atoms with E-state index < -0.39 is 74.0 Å². The van der Waals surface area contributed by atoms with Gasteiger partial charge in [-0.3, -0.25) is 0 Å². The van der Waals surface area contributed by atoms with Crippen LogP contribution in [0.5, 0.6) is 57.5 Å². The van der Waals surface area contributed by atoms with E-state index >= 15 is 0 Å². The summed E-state index contributed by atoms with van der Waals surface area (Å²) in [5.41, 5.74) is -2.31. The average molecular weight is 478 g/mol. The second-order valence-electron chi connectivity index (χ2n) is 8.08. The molecule has 10 N–H and O–H groups in total. The zero-order valence-electron chi connectivity index (χ0n) is 17.6. The average Bonchev–Trinajstić information content (AvgIpc) is 3.15. The van der Waals surface area contributed by atoms with Crippen molar-refractivity contribution in [3.8, 4) is 68.6 Å². The van der Waals surface area contributed by atoms with Gasteiger partial charge in [-0.15, -0.1) is 0 Å². The summed E-state index contributed by atoms with van der Waals surface area (Å²) in [7, 11) is 0. The van der Waals surface area contributed by atoms with Crippen molar-refractivity contribution in [1.82, 2.24) is 0 Å². The Kier molecular flexibility index (Phi) is 4.30. The number of aromatic hydroxyl groups is 10. The SMILES string of the molecule is Oc1c(O)c(O)c(C2(c3c(O)c(O)c(O)c(O)c3O)c3ccccc3-c3ccccc32)c(O)c1O. The van der Waals surface area contributed by atoms with E-state index in [0.717, 1.165) is 0 Å². The highest BCUT2D eigenvalue weighted by molar-refractivity contribution is 5.91. The smallest absolute Gasteiger partial charge is 0.208 e. The Balaban J connectivity index is 2.15. The number of phenols is 10. The maximum Gasteiger partial charge on any atom is 0.208 e. The lowest BCUT2D eigenvalue weighted by Crippen LogP contribution is -2.29. The van der Waals surface area contributed by atoms with Crippen LogP contribution in [-0.4, -0.2) is 51.1 Å². The number of phenolic OH excluding ortho intramolecular Hbond substituents is 10. The van der Waals surface area contributed by atoms with Crippen molar-refractivity contribution in [2.24, 2.45) is 0 Å². The van der Waals surface area contributed by atoms with E-state index in [1.54, 1.807) is 36.4 Å². The maximum atomic E-state index is 11.0. The molecular formula is C25H18O10. The number of benzene rings is 4. The normalized spacial score (nSPS) is 13.4. The predicted octanol–water partition coefficient (Wildman–Crippen LogP) is 3.11. The van der Waals surface area contributed by atoms with E-state index in [1.165, 1.54) is 12.1 Å². The minimum atomic E-state index is -2.21. The molecule has 1 aliphatic carbocycles. The highest BCUT2D eigenvalue weighted by Gasteiger charge is 2.54. The highest BCUT2D eigenvalue weighted by Crippen LogP contribution is 2.68. The van der Waals surface area contributed by atoms with Crippen LogP contribution in [0.25, 0.3) is 11.1 Å². The molecular weight excluding hydrogens is 460 g/mol. The summed E-state index contributed by atoms with van der Waals surface area (Å²) in [4.78, 5) is 0. The van der Waals surface area contributed by atoms with Crippen LogP contribution in [0, 0.1) is 0 Å². The first-order valence-electron chi connectivity index (χ1n) is 10.1. The molecule has 0 aromatic heterocycles. The first kappa shape index (κ1) is 21.7. The molecule has 0 fully saturated rings. The summed E-state index contributed by atoms with van der Waals surface area (Å²) in [5, 5.41) is 105. The fourth-order valence-corrected chi connectivity index (χ4v) is 4.98. The van der Waals surface area contributed by atoms with Gasteiger partial charge in [-0.1, -0.05) is 48.5 Å². The first-order valence-corrected chi connectivity index (χ1v) is 10.1. The Hall–Kier alpha value is -5.12. The Morgan fingerprint density at radius 2 is 0.600 bits per heavy atom. The summed E-state index contributed by atoms with van der Waals surface area (Å²) >= 11 is 0. The summed E-state index contributed by atoms with van der Waals surface area (Å²) < 4.78 is 0. The van der Waals surface area contributed by atoms with E-state index in [4.69, 9.17) is 0 Å². The predicted molar refractivity (Wildman–Crippen MR) is 120 cm³/mol. The zero-order valence-corrected chi connectivity index (χ0v) is 17.6. The molecule has 0 radical (unpaired) electrons. The Labute approximate surface area is 196 Å². The monoisotopic (exact) mass is 478 g/mol. The standard InChI is InChI=1S/C25H18O10/c26-15-13(16(27)20(31)23(34)19(15)30)25(14-17(28)21(32)24(35)22(33)18(14)29)11-7-3-1-5-9(11)10-6-2-4-8-12(10)25/h1-8,26-35H. The fourth-order valence-electron chi connectivity index (χ4n) is 4.98. The molecule has 10 heteroatoms. The van der Waals surface area contributed by atoms with Gasteiger partial charge in [0.1, 0.15) is 0 Å². The summed E-state index contributed by atoms with van der Waals surface area (Å²) in [6.45, 7) is 0. The molecule has 5 rings (SSSR count). The molecule has 0 unspecified atom stereocenters. The molecule has 10 nitrogen and oxygen atoms in total. The summed E-state index contributed by atoms with van der Waals surface area (Å²) in [6.07, 6.45) is 0. The Bertz CT molecular complexity index is 1380. The summed E-state index contributed by atoms with van der Waals surface area (Å²) in [5.74, 6) is -11.9. The van der Waals surface area contributed by atoms with Crippen molar-refractivity contribution in [2.75, 3.05) is 0 Å². The molecule has 0 heterocycles. The summed E-state index contributed by atoms with van der Waals surface area (Å²) in [6, 6.07) is 12.7. The lowest BCUT2D eigenvalue weighted by atomic mass is 9.66. The number of fused-ring (bicyclic) bond motifs is 3. The topological polar surface area (TPSA) is 202 Å². The van der Waals surface area contributed by atoms with E-state index in [-0.39, 0.29) is 11.1 Å². The van der Waals surface area contributed by atoms with Crippen molar-refractivity contribution in [2.45, 2.75) is 5.41 Å². The van der Waals surface area contributed by atoms with Crippen LogP contribution in [0.2, 0.25) is 0 Å². The van der Waals surface area contributed by atoms with Gasteiger partial charge in [-0.2, -0.15) is 0 Å². The molecule has 1 aliphatic rings. The van der Waals surface area contributed by atoms with E-state index in [0.29, 0.717) is 11.1 Å². The maximum absolute atomic E-state index is 11.0. The van der Waals surface area contributed by atoms with Crippen LogP contribution < -0.4 is 0 Å². The molecule has 0 saturated carbocycles. The number of hydrogen-bond acceptors (Lipinski definition) is 10. The molecule has 178 valence electrons. The molecule has 35 heavy (non-hydrogen) atoms. The van der Waals surface area contributed by atoms with Gasteiger partial charge in [0.2, 0.25) is 34.5 Å². The molecule has 0 amide bonds. The van der Waals surface area contributed by atoms with Crippen LogP contribution in [0.15, 0.2) is 48.5 Å². The number of rotatable bonds is 2. The van der Waals surface area contributed by atoms with E-state index in [9.17, 15) is 51.1 Å². The van der Waals surface area contributed by atoms with Crippen LogP contribution in [0.1, 0.15) is 22.3 Å². The van der Waals surface area contributed by atoms with E-state index in [1.807, 2.05) is 0 Å². The van der Waals surface area contributed by atoms with Gasteiger partial charge in [0.05, 0.1) is 16.5 Å². The van der Waals surface area contributed by atoms with Gasteiger partial charge < -0.3 is 51.1 Å². The first-order chi connectivity index (χ1) is 16.6. The fraction of sp³-hybridized carbons (Fsp3) is 0.0400. The Morgan fingerprint density at radius 1 is 0.343 bits per heavy atom. The van der Waals surface area contributed by atoms with Crippen LogP contribution in [0.3, 0.4) is 0 Å². The number of hydrogen-bond donors (Lipinski definition) is 10. The van der Waals surface area contributed by atoms with Crippen LogP contribution in [-0.2, 0) is 5.41 Å². The van der Waals surface area contributed by atoms with Crippen LogP contribution in [0.4, 0.5) is 0 Å². The van der Waals surface area contributed by atoms with Crippen molar-refractivity contribution >= 4 is 0 Å². The highest BCUT2D eigenvalue weighted by atomic mass is 16.4. The van der Waals surface area contributed by atoms with Crippen molar-refractivity contribution < 1.29 is 51.1 Å². The molecule has 0 spiro atoms. The molecule has 0 atom stereocenters. The third-order valence-electron chi connectivity index (χ3n) is 6.44. The van der Waals surface area contributed by atoms with Crippen molar-refractivity contribution in [3.05, 3.63) is 70.8 Å². The van der Waals surface area contributed by atoms with Crippen LogP contribution >= 0.6 is 0 Å². The van der Waals surface area contributed by atoms with Crippen molar-refractivity contribution in [1.29, 1.82) is 0 Å². The largest absolute Gasteiger partial charge is 0.504 e. The second kappa shape index (κ2) is 6.94. The lowest BCUT2D eigenvalue weighted by molar-refractivity contribution is 0.312. The molecule has 4 aromatic rings. The minimum absolute atomic E-state index is 0.173. The molecule has 0 bridgehead atoms. The molecule has 0 aliphatic heterocycles. The molecule has 4 aromatic carbocycles. The minimum Gasteiger partial charge on any atom is -0.504 e. The van der Waals surface area contributed by atoms with E-state index in [2.05, 4.69) is 0 Å². The third kappa shape index (κ3) is 2.42. The van der Waals surface area contributed by atoms with Gasteiger partial charge in [-0.25, -0.2) is 0 Å². The molecule has 0 saturated heterocycles. The third-order valence-corrected chi connectivity index (χ3v) is 6.44. The lowest BCUT2D eigenvalue weighted by Gasteiger charge is -2.35. The Morgan fingerprint density at radius 3 is 0.914 bits per heavy atom. The van der Waals surface area contributed by atoms with Gasteiger partial charge >= 0.3 is 0 Å². The van der Waals surface area contributed by atoms with Gasteiger partial charge in [0, 0.05) is 0 Å². The second-order valence-corrected chi connectivity index (χ2v) is 8.08. The van der Waals surface area contributed by atoms with Gasteiger partial charge in [0.15, 0.2) is 23.0 Å². The van der Waals surface area contributed by atoms with Crippen molar-refractivity contribution in [3.63, 3.8) is 0 Å².